The SMILES string of the molecule is C[C@H](CO)NC(Cc1ccccn1)C1CC1. The van der Waals surface area contributed by atoms with Gasteiger partial charge in [0.2, 0.25) is 0 Å². The number of hydrogen-bond donors (Lipinski definition) is 2. The normalized spacial score (nSPS) is 19.4. The lowest BCUT2D eigenvalue weighted by atomic mass is 10.1. The summed E-state index contributed by atoms with van der Waals surface area (Å²) < 4.78 is 0. The highest BCUT2D eigenvalue weighted by molar-refractivity contribution is 5.07. The van der Waals surface area contributed by atoms with Crippen molar-refractivity contribution in [3.8, 4) is 0 Å². The van der Waals surface area contributed by atoms with E-state index < -0.39 is 0 Å². The second-order valence-corrected chi connectivity index (χ2v) is 4.72. The third-order valence-electron chi connectivity index (χ3n) is 3.12. The summed E-state index contributed by atoms with van der Waals surface area (Å²) in [5, 5.41) is 12.6. The van der Waals surface area contributed by atoms with E-state index in [0.717, 1.165) is 18.0 Å². The highest BCUT2D eigenvalue weighted by atomic mass is 16.3. The molecule has 1 aromatic rings. The average molecular weight is 220 g/mol. The van der Waals surface area contributed by atoms with Gasteiger partial charge in [0.25, 0.3) is 0 Å². The van der Waals surface area contributed by atoms with Crippen molar-refractivity contribution in [2.45, 2.75) is 38.3 Å². The predicted octanol–water partition coefficient (Wildman–Crippen LogP) is 1.37. The molecule has 1 unspecified atom stereocenters. The van der Waals surface area contributed by atoms with Crippen LogP contribution in [0.15, 0.2) is 24.4 Å². The molecule has 2 rings (SSSR count). The summed E-state index contributed by atoms with van der Waals surface area (Å²) in [6.45, 7) is 2.22. The van der Waals surface area contributed by atoms with Crippen molar-refractivity contribution in [3.63, 3.8) is 0 Å². The van der Waals surface area contributed by atoms with Crippen LogP contribution in [0.4, 0.5) is 0 Å². The minimum atomic E-state index is 0.175. The summed E-state index contributed by atoms with van der Waals surface area (Å²) in [6, 6.07) is 6.69. The zero-order chi connectivity index (χ0) is 11.4. The molecule has 1 fully saturated rings. The van der Waals surface area contributed by atoms with Gasteiger partial charge in [-0.15, -0.1) is 0 Å². The van der Waals surface area contributed by atoms with E-state index in [0.29, 0.717) is 6.04 Å². The van der Waals surface area contributed by atoms with Crippen molar-refractivity contribution >= 4 is 0 Å². The highest BCUT2D eigenvalue weighted by Gasteiger charge is 2.31. The molecule has 0 bridgehead atoms. The first kappa shape index (κ1) is 11.6. The maximum atomic E-state index is 9.07. The molecule has 0 saturated heterocycles. The maximum absolute atomic E-state index is 9.07. The van der Waals surface area contributed by atoms with Gasteiger partial charge in [0, 0.05) is 30.4 Å². The van der Waals surface area contributed by atoms with E-state index >= 15 is 0 Å². The molecule has 0 spiro atoms. The van der Waals surface area contributed by atoms with Gasteiger partial charge in [-0.25, -0.2) is 0 Å². The quantitative estimate of drug-likeness (QED) is 0.761. The Morgan fingerprint density at radius 3 is 2.88 bits per heavy atom. The molecule has 2 N–H and O–H groups in total. The minimum Gasteiger partial charge on any atom is -0.395 e. The van der Waals surface area contributed by atoms with Crippen LogP contribution in [0.3, 0.4) is 0 Å². The van der Waals surface area contributed by atoms with Gasteiger partial charge in [0.1, 0.15) is 0 Å². The topological polar surface area (TPSA) is 45.1 Å². The molecule has 88 valence electrons. The smallest absolute Gasteiger partial charge is 0.0582 e. The number of pyridine rings is 1. The zero-order valence-corrected chi connectivity index (χ0v) is 9.76. The molecule has 1 saturated carbocycles. The molecule has 0 aliphatic heterocycles. The third-order valence-corrected chi connectivity index (χ3v) is 3.12. The number of hydrogen-bond acceptors (Lipinski definition) is 3. The molecule has 1 aromatic heterocycles. The molecule has 0 aromatic carbocycles. The fraction of sp³-hybridized carbons (Fsp3) is 0.615. The molecule has 1 aliphatic carbocycles. The molecule has 0 radical (unpaired) electrons. The lowest BCUT2D eigenvalue weighted by molar-refractivity contribution is 0.235. The van der Waals surface area contributed by atoms with Gasteiger partial charge in [0.15, 0.2) is 0 Å². The van der Waals surface area contributed by atoms with Crippen LogP contribution in [-0.4, -0.2) is 28.8 Å². The molecule has 3 heteroatoms. The molecule has 2 atom stereocenters. The van der Waals surface area contributed by atoms with Gasteiger partial charge in [-0.1, -0.05) is 6.07 Å². The number of aliphatic hydroxyl groups is 1. The first-order valence-electron chi connectivity index (χ1n) is 6.06. The van der Waals surface area contributed by atoms with Crippen molar-refractivity contribution < 1.29 is 5.11 Å². The Bertz CT molecular complexity index is 311. The van der Waals surface area contributed by atoms with E-state index in [2.05, 4.69) is 16.4 Å². The van der Waals surface area contributed by atoms with Gasteiger partial charge in [0.05, 0.1) is 6.61 Å². The second kappa shape index (κ2) is 5.41. The summed E-state index contributed by atoms with van der Waals surface area (Å²) in [6.07, 6.45) is 5.43. The molecular formula is C13H20N2O. The van der Waals surface area contributed by atoms with E-state index in [9.17, 15) is 0 Å². The maximum Gasteiger partial charge on any atom is 0.0582 e. The average Bonchev–Trinajstić information content (AvgIpc) is 3.13. The predicted molar refractivity (Wildman–Crippen MR) is 64.1 cm³/mol. The Hall–Kier alpha value is -0.930. The molecule has 1 aliphatic rings. The van der Waals surface area contributed by atoms with E-state index in [1.54, 1.807) is 0 Å². The first-order valence-corrected chi connectivity index (χ1v) is 6.06. The second-order valence-electron chi connectivity index (χ2n) is 4.72. The van der Waals surface area contributed by atoms with Crippen LogP contribution in [0.25, 0.3) is 0 Å². The molecule has 16 heavy (non-hydrogen) atoms. The Kier molecular flexibility index (Phi) is 3.91. The molecular weight excluding hydrogens is 200 g/mol. The van der Waals surface area contributed by atoms with Gasteiger partial charge >= 0.3 is 0 Å². The van der Waals surface area contributed by atoms with Crippen LogP contribution in [0, 0.1) is 5.92 Å². The van der Waals surface area contributed by atoms with E-state index in [4.69, 9.17) is 5.11 Å². The van der Waals surface area contributed by atoms with Gasteiger partial charge in [-0.3, -0.25) is 4.98 Å². The molecule has 3 nitrogen and oxygen atoms in total. The number of aliphatic hydroxyl groups excluding tert-OH is 1. The number of rotatable bonds is 6. The Labute approximate surface area is 96.9 Å². The summed E-state index contributed by atoms with van der Waals surface area (Å²) in [5.74, 6) is 0.774. The van der Waals surface area contributed by atoms with Crippen LogP contribution in [0.1, 0.15) is 25.5 Å². The minimum absolute atomic E-state index is 0.175. The van der Waals surface area contributed by atoms with E-state index in [1.165, 1.54) is 12.8 Å². The summed E-state index contributed by atoms with van der Waals surface area (Å²) in [5.41, 5.74) is 1.14. The highest BCUT2D eigenvalue weighted by Crippen LogP contribution is 2.34. The zero-order valence-electron chi connectivity index (χ0n) is 9.76. The monoisotopic (exact) mass is 220 g/mol. The van der Waals surface area contributed by atoms with Gasteiger partial charge in [-0.05, 0) is 37.8 Å². The lowest BCUT2D eigenvalue weighted by Gasteiger charge is -2.21. The summed E-state index contributed by atoms with van der Waals surface area (Å²) in [7, 11) is 0. The van der Waals surface area contributed by atoms with Crippen LogP contribution in [-0.2, 0) is 6.42 Å². The number of aromatic nitrogens is 1. The summed E-state index contributed by atoms with van der Waals surface area (Å²) in [4.78, 5) is 4.36. The lowest BCUT2D eigenvalue weighted by Crippen LogP contribution is -2.41. The Morgan fingerprint density at radius 1 is 1.50 bits per heavy atom. The first-order chi connectivity index (χ1) is 7.79. The molecule has 1 heterocycles. The van der Waals surface area contributed by atoms with Crippen LogP contribution in [0.5, 0.6) is 0 Å². The van der Waals surface area contributed by atoms with Crippen molar-refractivity contribution in [2.24, 2.45) is 5.92 Å². The van der Waals surface area contributed by atoms with Gasteiger partial charge in [-0.2, -0.15) is 0 Å². The number of nitrogens with zero attached hydrogens (tertiary/aromatic N) is 1. The van der Waals surface area contributed by atoms with Crippen molar-refractivity contribution in [1.82, 2.24) is 10.3 Å². The number of nitrogens with one attached hydrogen (secondary N) is 1. The fourth-order valence-electron chi connectivity index (χ4n) is 2.02. The van der Waals surface area contributed by atoms with Crippen molar-refractivity contribution in [1.29, 1.82) is 0 Å². The van der Waals surface area contributed by atoms with Crippen LogP contribution in [0.2, 0.25) is 0 Å². The third kappa shape index (κ3) is 3.29. The van der Waals surface area contributed by atoms with Crippen LogP contribution >= 0.6 is 0 Å². The van der Waals surface area contributed by atoms with E-state index in [-0.39, 0.29) is 12.6 Å². The molecule has 0 amide bonds. The standard InChI is InChI=1S/C13H20N2O/c1-10(9-16)15-13(11-5-6-11)8-12-4-2-3-7-14-12/h2-4,7,10-11,13,15-16H,5-6,8-9H2,1H3/t10-,13?/m1/s1. The van der Waals surface area contributed by atoms with Crippen LogP contribution < -0.4 is 5.32 Å². The Morgan fingerprint density at radius 2 is 2.31 bits per heavy atom. The van der Waals surface area contributed by atoms with Crippen molar-refractivity contribution in [3.05, 3.63) is 30.1 Å². The van der Waals surface area contributed by atoms with Crippen molar-refractivity contribution in [2.75, 3.05) is 6.61 Å². The Balaban J connectivity index is 1.92. The fourth-order valence-corrected chi connectivity index (χ4v) is 2.02. The largest absolute Gasteiger partial charge is 0.395 e. The van der Waals surface area contributed by atoms with E-state index in [1.807, 2.05) is 25.3 Å². The van der Waals surface area contributed by atoms with Gasteiger partial charge < -0.3 is 10.4 Å². The summed E-state index contributed by atoms with van der Waals surface area (Å²) >= 11 is 0.